The Hall–Kier alpha value is -2.87. The lowest BCUT2D eigenvalue weighted by molar-refractivity contribution is -0.117. The van der Waals surface area contributed by atoms with E-state index in [4.69, 9.17) is 14.2 Å². The molecule has 0 atom stereocenters. The van der Waals surface area contributed by atoms with Gasteiger partial charge in [-0.1, -0.05) is 0 Å². The number of benzene rings is 1. The monoisotopic (exact) mass is 417 g/mol. The summed E-state index contributed by atoms with van der Waals surface area (Å²) >= 11 is 1.33. The van der Waals surface area contributed by atoms with Gasteiger partial charge in [-0.3, -0.25) is 9.59 Å². The third kappa shape index (κ3) is 4.59. The molecule has 29 heavy (non-hydrogen) atoms. The molecule has 1 aromatic carbocycles. The van der Waals surface area contributed by atoms with E-state index in [2.05, 4.69) is 5.32 Å². The molecule has 0 unspecified atom stereocenters. The van der Waals surface area contributed by atoms with E-state index in [9.17, 15) is 14.4 Å². The van der Waals surface area contributed by atoms with Crippen LogP contribution < -0.4 is 14.8 Å². The van der Waals surface area contributed by atoms with Crippen LogP contribution in [0.3, 0.4) is 0 Å². The first-order chi connectivity index (χ1) is 13.8. The molecule has 1 heterocycles. The van der Waals surface area contributed by atoms with Crippen molar-refractivity contribution >= 4 is 34.0 Å². The zero-order chi connectivity index (χ0) is 21.1. The van der Waals surface area contributed by atoms with Crippen molar-refractivity contribution in [3.05, 3.63) is 39.8 Å². The molecule has 1 aliphatic carbocycles. The maximum Gasteiger partial charge on any atom is 0.341 e. The summed E-state index contributed by atoms with van der Waals surface area (Å²) in [4.78, 5) is 38.2. The van der Waals surface area contributed by atoms with Crippen molar-refractivity contribution in [3.8, 4) is 11.5 Å². The minimum Gasteiger partial charge on any atom is -0.497 e. The van der Waals surface area contributed by atoms with E-state index < -0.39 is 18.4 Å². The van der Waals surface area contributed by atoms with Crippen LogP contribution in [0, 0.1) is 19.8 Å². The van der Waals surface area contributed by atoms with Gasteiger partial charge in [-0.15, -0.1) is 11.3 Å². The van der Waals surface area contributed by atoms with Crippen LogP contribution in [-0.2, 0) is 9.53 Å². The Kier molecular flexibility index (Phi) is 6.22. The van der Waals surface area contributed by atoms with E-state index in [1.54, 1.807) is 25.1 Å². The lowest BCUT2D eigenvalue weighted by Gasteiger charge is -2.11. The number of rotatable bonds is 8. The van der Waals surface area contributed by atoms with Crippen molar-refractivity contribution in [2.75, 3.05) is 26.1 Å². The Morgan fingerprint density at radius 2 is 1.86 bits per heavy atom. The second-order valence-electron chi connectivity index (χ2n) is 6.82. The van der Waals surface area contributed by atoms with Crippen molar-refractivity contribution in [1.29, 1.82) is 0 Å². The number of amides is 1. The van der Waals surface area contributed by atoms with Crippen LogP contribution in [0.15, 0.2) is 18.2 Å². The number of Topliss-reactive ketones (excluding diaryl/α,β-unsaturated/α-hetero) is 1. The molecule has 1 saturated carbocycles. The lowest BCUT2D eigenvalue weighted by atomic mass is 10.1. The molecule has 0 spiro atoms. The minimum absolute atomic E-state index is 0.0192. The number of aryl methyl sites for hydroxylation is 1. The second kappa shape index (κ2) is 8.65. The van der Waals surface area contributed by atoms with Gasteiger partial charge in [0.2, 0.25) is 11.7 Å². The fraction of sp³-hybridized carbons (Fsp3) is 0.381. The Labute approximate surface area is 173 Å². The van der Waals surface area contributed by atoms with E-state index in [-0.39, 0.29) is 11.8 Å². The lowest BCUT2D eigenvalue weighted by Crippen LogP contribution is -2.18. The summed E-state index contributed by atoms with van der Waals surface area (Å²) in [6, 6.07) is 4.79. The van der Waals surface area contributed by atoms with Crippen molar-refractivity contribution in [2.45, 2.75) is 26.7 Å². The van der Waals surface area contributed by atoms with Crippen LogP contribution >= 0.6 is 11.3 Å². The molecule has 0 radical (unpaired) electrons. The number of hydrogen-bond donors (Lipinski definition) is 1. The zero-order valence-corrected chi connectivity index (χ0v) is 17.6. The molecule has 0 bridgehead atoms. The van der Waals surface area contributed by atoms with Crippen LogP contribution in [0.2, 0.25) is 0 Å². The van der Waals surface area contributed by atoms with E-state index in [0.29, 0.717) is 27.6 Å². The number of thiophene rings is 1. The molecule has 1 aromatic heterocycles. The number of carbonyl (C=O) groups excluding carboxylic acids is 3. The molecule has 7 nitrogen and oxygen atoms in total. The number of ether oxygens (including phenoxy) is 3. The Morgan fingerprint density at radius 1 is 1.14 bits per heavy atom. The zero-order valence-electron chi connectivity index (χ0n) is 16.8. The Morgan fingerprint density at radius 3 is 2.48 bits per heavy atom. The van der Waals surface area contributed by atoms with Gasteiger partial charge < -0.3 is 19.5 Å². The molecular formula is C21H23NO6S. The van der Waals surface area contributed by atoms with Crippen molar-refractivity contribution in [1.82, 2.24) is 0 Å². The standard InChI is InChI=1S/C21H23NO6S/c1-11-12(2)29-20(22-19(24)13-5-6-13)18(11)21(25)28-10-16(23)15-8-7-14(26-3)9-17(15)27-4/h7-9,13H,5-6,10H2,1-4H3,(H,22,24). The number of hydrogen-bond acceptors (Lipinski definition) is 7. The average molecular weight is 417 g/mol. The van der Waals surface area contributed by atoms with Crippen molar-refractivity contribution in [2.24, 2.45) is 5.92 Å². The minimum atomic E-state index is -0.640. The summed E-state index contributed by atoms with van der Waals surface area (Å²) in [6.45, 7) is 3.23. The molecule has 1 amide bonds. The maximum atomic E-state index is 12.7. The van der Waals surface area contributed by atoms with E-state index >= 15 is 0 Å². The van der Waals surface area contributed by atoms with Crippen LogP contribution in [0.1, 0.15) is 44.0 Å². The van der Waals surface area contributed by atoms with E-state index in [1.165, 1.54) is 25.6 Å². The number of carbonyl (C=O) groups is 3. The smallest absolute Gasteiger partial charge is 0.341 e. The van der Waals surface area contributed by atoms with Gasteiger partial charge in [-0.05, 0) is 44.4 Å². The van der Waals surface area contributed by atoms with Gasteiger partial charge in [0.1, 0.15) is 16.5 Å². The number of methoxy groups -OCH3 is 2. The molecule has 1 N–H and O–H groups in total. The molecule has 0 saturated heterocycles. The fourth-order valence-corrected chi connectivity index (χ4v) is 3.88. The number of ketones is 1. The topological polar surface area (TPSA) is 90.9 Å². The first-order valence-electron chi connectivity index (χ1n) is 9.18. The fourth-order valence-electron chi connectivity index (χ4n) is 2.83. The van der Waals surface area contributed by atoms with Gasteiger partial charge in [0, 0.05) is 16.9 Å². The summed E-state index contributed by atoms with van der Waals surface area (Å²) in [5.74, 6) is -0.212. The largest absolute Gasteiger partial charge is 0.497 e. The maximum absolute atomic E-state index is 12.7. The number of esters is 1. The quantitative estimate of drug-likeness (QED) is 0.519. The van der Waals surface area contributed by atoms with Gasteiger partial charge in [-0.2, -0.15) is 0 Å². The van der Waals surface area contributed by atoms with E-state index in [0.717, 1.165) is 23.3 Å². The van der Waals surface area contributed by atoms with Gasteiger partial charge >= 0.3 is 5.97 Å². The van der Waals surface area contributed by atoms with Crippen LogP contribution in [-0.4, -0.2) is 38.5 Å². The Balaban J connectivity index is 1.72. The normalized spacial score (nSPS) is 13.0. The predicted molar refractivity (Wildman–Crippen MR) is 109 cm³/mol. The highest BCUT2D eigenvalue weighted by Gasteiger charge is 2.32. The van der Waals surface area contributed by atoms with Crippen LogP contribution in [0.5, 0.6) is 11.5 Å². The van der Waals surface area contributed by atoms with Crippen molar-refractivity contribution in [3.63, 3.8) is 0 Å². The number of anilines is 1. The SMILES string of the molecule is COc1ccc(C(=O)COC(=O)c2c(NC(=O)C3CC3)sc(C)c2C)c(OC)c1. The van der Waals surface area contributed by atoms with Crippen LogP contribution in [0.4, 0.5) is 5.00 Å². The molecular weight excluding hydrogens is 394 g/mol. The highest BCUT2D eigenvalue weighted by Crippen LogP contribution is 2.36. The summed E-state index contributed by atoms with van der Waals surface area (Å²) in [6.07, 6.45) is 1.74. The van der Waals surface area contributed by atoms with E-state index in [1.807, 2.05) is 6.92 Å². The summed E-state index contributed by atoms with van der Waals surface area (Å²) < 4.78 is 15.6. The predicted octanol–water partition coefficient (Wildman–Crippen LogP) is 3.77. The third-order valence-electron chi connectivity index (χ3n) is 4.82. The number of nitrogens with one attached hydrogen (secondary N) is 1. The molecule has 8 heteroatoms. The first-order valence-corrected chi connectivity index (χ1v) is 10.0. The summed E-state index contributed by atoms with van der Waals surface area (Å²) in [5, 5.41) is 3.29. The molecule has 1 aliphatic rings. The second-order valence-corrected chi connectivity index (χ2v) is 8.04. The first kappa shape index (κ1) is 20.9. The summed E-state index contributed by atoms with van der Waals surface area (Å²) in [5.41, 5.74) is 1.33. The highest BCUT2D eigenvalue weighted by atomic mass is 32.1. The molecule has 1 fully saturated rings. The molecule has 2 aromatic rings. The highest BCUT2D eigenvalue weighted by molar-refractivity contribution is 7.16. The Bertz CT molecular complexity index is 960. The molecule has 3 rings (SSSR count). The van der Waals surface area contributed by atoms with Gasteiger partial charge in [0.15, 0.2) is 6.61 Å². The van der Waals surface area contributed by atoms with Gasteiger partial charge in [0.05, 0.1) is 25.3 Å². The summed E-state index contributed by atoms with van der Waals surface area (Å²) in [7, 11) is 2.96. The van der Waals surface area contributed by atoms with Crippen LogP contribution in [0.25, 0.3) is 0 Å². The van der Waals surface area contributed by atoms with Crippen molar-refractivity contribution < 1.29 is 28.6 Å². The average Bonchev–Trinajstić information content (AvgIpc) is 3.52. The van der Waals surface area contributed by atoms with Gasteiger partial charge in [0.25, 0.3) is 0 Å². The molecule has 154 valence electrons. The van der Waals surface area contributed by atoms with Gasteiger partial charge in [-0.25, -0.2) is 4.79 Å². The molecule has 0 aliphatic heterocycles. The third-order valence-corrected chi connectivity index (χ3v) is 5.94.